The monoisotopic (exact) mass is 460 g/mol. The first-order chi connectivity index (χ1) is 16.1. The Bertz CT molecular complexity index is 1120. The Morgan fingerprint density at radius 2 is 1.64 bits per heavy atom. The highest BCUT2D eigenvalue weighted by Crippen LogP contribution is 2.36. The van der Waals surface area contributed by atoms with Crippen LogP contribution in [-0.2, 0) is 11.3 Å². The molecule has 2 fully saturated rings. The van der Waals surface area contributed by atoms with Gasteiger partial charge in [-0.15, -0.1) is 11.3 Å². The van der Waals surface area contributed by atoms with Gasteiger partial charge in [0.05, 0.1) is 0 Å². The molecule has 0 saturated carbocycles. The minimum Gasteiger partial charge on any atom is -0.340 e. The molecule has 0 radical (unpaired) electrons. The first kappa shape index (κ1) is 21.8. The lowest BCUT2D eigenvalue weighted by atomic mass is 9.96. The number of hydrogen-bond acceptors (Lipinski definition) is 5. The SMILES string of the molecule is NCc1cnc(C(=O)N2C[C@@H](c3ccccc3)C[C@H]2C(=O)N2CC[C@H](c3ccccc3)C2)s1. The van der Waals surface area contributed by atoms with Gasteiger partial charge in [-0.05, 0) is 24.0 Å². The fourth-order valence-corrected chi connectivity index (χ4v) is 5.80. The van der Waals surface area contributed by atoms with Crippen LogP contribution < -0.4 is 5.73 Å². The summed E-state index contributed by atoms with van der Waals surface area (Å²) in [5.74, 6) is 0.355. The molecule has 0 bridgehead atoms. The fourth-order valence-electron chi connectivity index (χ4n) is 5.05. The van der Waals surface area contributed by atoms with Crippen molar-refractivity contribution in [3.63, 3.8) is 0 Å². The number of likely N-dealkylation sites (tertiary alicyclic amines) is 2. The Hall–Kier alpha value is -3.03. The summed E-state index contributed by atoms with van der Waals surface area (Å²) < 4.78 is 0. The largest absolute Gasteiger partial charge is 0.340 e. The maximum atomic E-state index is 13.7. The van der Waals surface area contributed by atoms with Crippen molar-refractivity contribution in [3.05, 3.63) is 87.9 Å². The molecule has 2 aromatic carbocycles. The maximum Gasteiger partial charge on any atom is 0.283 e. The number of carbonyl (C=O) groups excluding carboxylic acids is 2. The predicted molar refractivity (Wildman–Crippen MR) is 129 cm³/mol. The van der Waals surface area contributed by atoms with Crippen LogP contribution >= 0.6 is 11.3 Å². The minimum atomic E-state index is -0.470. The van der Waals surface area contributed by atoms with E-state index < -0.39 is 6.04 Å². The molecule has 1 aromatic heterocycles. The summed E-state index contributed by atoms with van der Waals surface area (Å²) in [5, 5.41) is 0.408. The van der Waals surface area contributed by atoms with Gasteiger partial charge in [-0.1, -0.05) is 60.7 Å². The van der Waals surface area contributed by atoms with Gasteiger partial charge in [0, 0.05) is 49.1 Å². The molecule has 3 atom stereocenters. The van der Waals surface area contributed by atoms with E-state index in [1.54, 1.807) is 11.1 Å². The standard InChI is InChI=1S/C26H28N4O2S/c27-14-22-15-28-24(33-22)26(32)30-17-21(19-9-5-2-6-10-19)13-23(30)25(31)29-12-11-20(16-29)18-7-3-1-4-8-18/h1-10,15,20-21,23H,11-14,16-17,27H2/t20-,21-,23-/m0/s1. The molecule has 5 rings (SSSR count). The Kier molecular flexibility index (Phi) is 6.24. The van der Waals surface area contributed by atoms with Gasteiger partial charge in [-0.3, -0.25) is 9.59 Å². The van der Waals surface area contributed by atoms with E-state index in [0.717, 1.165) is 23.4 Å². The summed E-state index contributed by atoms with van der Waals surface area (Å²) in [7, 11) is 0. The minimum absolute atomic E-state index is 0.0517. The second-order valence-electron chi connectivity index (χ2n) is 8.83. The van der Waals surface area contributed by atoms with Crippen LogP contribution in [0.5, 0.6) is 0 Å². The molecular weight excluding hydrogens is 432 g/mol. The summed E-state index contributed by atoms with van der Waals surface area (Å²) in [6.07, 6.45) is 3.24. The van der Waals surface area contributed by atoms with E-state index in [9.17, 15) is 9.59 Å². The molecule has 33 heavy (non-hydrogen) atoms. The Balaban J connectivity index is 1.37. The van der Waals surface area contributed by atoms with Crippen LogP contribution in [-0.4, -0.2) is 52.3 Å². The molecule has 3 heterocycles. The van der Waals surface area contributed by atoms with E-state index in [0.29, 0.717) is 37.0 Å². The molecule has 0 spiro atoms. The van der Waals surface area contributed by atoms with E-state index in [2.05, 4.69) is 29.2 Å². The van der Waals surface area contributed by atoms with E-state index >= 15 is 0 Å². The van der Waals surface area contributed by atoms with Gasteiger partial charge in [0.25, 0.3) is 5.91 Å². The third-order valence-corrected chi connectivity index (χ3v) is 7.83. The van der Waals surface area contributed by atoms with Crippen LogP contribution in [0.3, 0.4) is 0 Å². The Morgan fingerprint density at radius 1 is 0.970 bits per heavy atom. The molecule has 2 aliphatic heterocycles. The van der Waals surface area contributed by atoms with Crippen molar-refractivity contribution in [3.8, 4) is 0 Å². The zero-order valence-corrected chi connectivity index (χ0v) is 19.3. The van der Waals surface area contributed by atoms with E-state index in [4.69, 9.17) is 5.73 Å². The second kappa shape index (κ2) is 9.45. The van der Waals surface area contributed by atoms with Gasteiger partial charge < -0.3 is 15.5 Å². The van der Waals surface area contributed by atoms with Crippen molar-refractivity contribution < 1.29 is 9.59 Å². The topological polar surface area (TPSA) is 79.5 Å². The first-order valence-electron chi connectivity index (χ1n) is 11.5. The number of aromatic nitrogens is 1. The van der Waals surface area contributed by atoms with Gasteiger partial charge in [0.2, 0.25) is 5.91 Å². The van der Waals surface area contributed by atoms with Crippen molar-refractivity contribution in [1.29, 1.82) is 0 Å². The predicted octanol–water partition coefficient (Wildman–Crippen LogP) is 3.62. The van der Waals surface area contributed by atoms with E-state index in [1.807, 2.05) is 41.3 Å². The van der Waals surface area contributed by atoms with E-state index in [-0.39, 0.29) is 17.7 Å². The van der Waals surface area contributed by atoms with Crippen molar-refractivity contribution in [1.82, 2.24) is 14.8 Å². The lowest BCUT2D eigenvalue weighted by molar-refractivity contribution is -0.134. The van der Waals surface area contributed by atoms with Crippen molar-refractivity contribution in [2.75, 3.05) is 19.6 Å². The quantitative estimate of drug-likeness (QED) is 0.631. The number of amides is 2. The number of nitrogens with two attached hydrogens (primary N) is 1. The molecule has 170 valence electrons. The third kappa shape index (κ3) is 4.43. The average Bonchev–Trinajstić information content (AvgIpc) is 3.64. The molecule has 0 aliphatic carbocycles. The first-order valence-corrected chi connectivity index (χ1v) is 12.3. The second-order valence-corrected chi connectivity index (χ2v) is 9.95. The highest BCUT2D eigenvalue weighted by Gasteiger charge is 2.44. The van der Waals surface area contributed by atoms with Crippen molar-refractivity contribution in [2.24, 2.45) is 5.73 Å². The van der Waals surface area contributed by atoms with Crippen molar-refractivity contribution in [2.45, 2.75) is 37.3 Å². The van der Waals surface area contributed by atoms with Crippen LogP contribution in [0, 0.1) is 0 Å². The highest BCUT2D eigenvalue weighted by atomic mass is 32.1. The van der Waals surface area contributed by atoms with Crippen LogP contribution in [0.2, 0.25) is 0 Å². The van der Waals surface area contributed by atoms with Gasteiger partial charge >= 0.3 is 0 Å². The zero-order chi connectivity index (χ0) is 22.8. The van der Waals surface area contributed by atoms with Crippen LogP contribution in [0.1, 0.15) is 50.5 Å². The summed E-state index contributed by atoms with van der Waals surface area (Å²) >= 11 is 1.32. The number of nitrogens with zero attached hydrogens (tertiary/aromatic N) is 3. The lowest BCUT2D eigenvalue weighted by Gasteiger charge is -2.27. The van der Waals surface area contributed by atoms with Crippen molar-refractivity contribution >= 4 is 23.2 Å². The molecule has 3 aromatic rings. The Labute approximate surface area is 198 Å². The van der Waals surface area contributed by atoms with Gasteiger partial charge in [-0.2, -0.15) is 0 Å². The maximum absolute atomic E-state index is 13.7. The molecule has 2 N–H and O–H groups in total. The summed E-state index contributed by atoms with van der Waals surface area (Å²) in [4.78, 5) is 36.0. The molecule has 7 heteroatoms. The van der Waals surface area contributed by atoms with Gasteiger partial charge in [0.15, 0.2) is 5.01 Å². The number of hydrogen-bond donors (Lipinski definition) is 1. The fraction of sp³-hybridized carbons (Fsp3) is 0.346. The third-order valence-electron chi connectivity index (χ3n) is 6.83. The van der Waals surface area contributed by atoms with Gasteiger partial charge in [-0.25, -0.2) is 4.98 Å². The highest BCUT2D eigenvalue weighted by molar-refractivity contribution is 7.13. The zero-order valence-electron chi connectivity index (χ0n) is 18.5. The average molecular weight is 461 g/mol. The molecule has 2 saturated heterocycles. The van der Waals surface area contributed by atoms with E-state index in [1.165, 1.54) is 16.9 Å². The summed E-state index contributed by atoms with van der Waals surface area (Å²) in [6, 6.07) is 20.1. The number of rotatable bonds is 5. The summed E-state index contributed by atoms with van der Waals surface area (Å²) in [6.45, 7) is 2.30. The Morgan fingerprint density at radius 3 is 2.27 bits per heavy atom. The molecule has 0 unspecified atom stereocenters. The lowest BCUT2D eigenvalue weighted by Crippen LogP contribution is -2.47. The molecular formula is C26H28N4O2S. The smallest absolute Gasteiger partial charge is 0.283 e. The number of carbonyl (C=O) groups is 2. The molecule has 6 nitrogen and oxygen atoms in total. The van der Waals surface area contributed by atoms with Crippen LogP contribution in [0.4, 0.5) is 0 Å². The van der Waals surface area contributed by atoms with Crippen LogP contribution in [0.15, 0.2) is 66.9 Å². The summed E-state index contributed by atoms with van der Waals surface area (Å²) in [5.41, 5.74) is 8.15. The molecule has 2 amide bonds. The number of thiazole rings is 1. The van der Waals surface area contributed by atoms with Gasteiger partial charge in [0.1, 0.15) is 6.04 Å². The van der Waals surface area contributed by atoms with Crippen LogP contribution in [0.25, 0.3) is 0 Å². The number of benzene rings is 2. The molecule has 2 aliphatic rings. The normalized spacial score (nSPS) is 22.6.